The second kappa shape index (κ2) is 9.73. The lowest BCUT2D eigenvalue weighted by Gasteiger charge is -2.48. The fourth-order valence-electron chi connectivity index (χ4n) is 6.46. The highest BCUT2D eigenvalue weighted by molar-refractivity contribution is 7.92. The summed E-state index contributed by atoms with van der Waals surface area (Å²) in [6.07, 6.45) is 5.04. The van der Waals surface area contributed by atoms with E-state index < -0.39 is 26.3 Å². The van der Waals surface area contributed by atoms with Crippen LogP contribution in [-0.2, 0) is 22.7 Å². The van der Waals surface area contributed by atoms with Crippen LogP contribution < -0.4 is 0 Å². The van der Waals surface area contributed by atoms with Crippen molar-refractivity contribution in [1.29, 1.82) is 0 Å². The monoisotopic (exact) mass is 561 g/mol. The Labute approximate surface area is 232 Å². The van der Waals surface area contributed by atoms with Gasteiger partial charge in [-0.2, -0.15) is 0 Å². The zero-order valence-electron chi connectivity index (χ0n) is 22.3. The summed E-state index contributed by atoms with van der Waals surface area (Å²) in [6.45, 7) is 3.47. The molecule has 0 bridgehead atoms. The first-order valence-electron chi connectivity index (χ1n) is 13.4. The maximum absolute atomic E-state index is 14.4. The Balaban J connectivity index is 1.43. The van der Waals surface area contributed by atoms with Crippen LogP contribution in [0.3, 0.4) is 0 Å². The average Bonchev–Trinajstić information content (AvgIpc) is 3.35. The molecule has 2 aromatic carbocycles. The molecule has 40 heavy (non-hydrogen) atoms. The van der Waals surface area contributed by atoms with Gasteiger partial charge in [-0.05, 0) is 105 Å². The molecule has 1 unspecified atom stereocenters. The summed E-state index contributed by atoms with van der Waals surface area (Å²) in [7, 11) is -3.91. The van der Waals surface area contributed by atoms with E-state index in [1.807, 2.05) is 17.6 Å². The summed E-state index contributed by atoms with van der Waals surface area (Å²) < 4.78 is 57.5. The van der Waals surface area contributed by atoms with Crippen molar-refractivity contribution in [3.05, 3.63) is 107 Å². The molecule has 3 atom stereocenters. The van der Waals surface area contributed by atoms with E-state index in [1.54, 1.807) is 37.6 Å². The second-order valence-electron chi connectivity index (χ2n) is 11.1. The standard InChI is InChI=1S/C31H29F2N3O3S/c1-19-11-12-34-27(13-19)30(37)31-16-25(40(38,39)24-9-3-20(2)26(33)15-24)10-4-21(31)14-29-28(17-31)35-18-36(29)23-7-5-22(32)6-8-23/h3,5-9,11-13,15,18,21,25H,4,10,14,16-17H2,1-2H3/t21?,25-,31+/m0/s1. The average molecular weight is 562 g/mol. The normalized spacial score (nSPS) is 22.4. The lowest BCUT2D eigenvalue weighted by molar-refractivity contribution is 0.0483. The third kappa shape index (κ3) is 4.36. The molecule has 0 saturated heterocycles. The molecule has 9 heteroatoms. The van der Waals surface area contributed by atoms with E-state index in [9.17, 15) is 22.0 Å². The first-order chi connectivity index (χ1) is 19.1. The summed E-state index contributed by atoms with van der Waals surface area (Å²) in [4.78, 5) is 23.3. The highest BCUT2D eigenvalue weighted by Crippen LogP contribution is 2.52. The highest BCUT2D eigenvalue weighted by Gasteiger charge is 2.55. The van der Waals surface area contributed by atoms with E-state index in [0.717, 1.165) is 28.7 Å². The number of nitrogens with zero attached hydrogens (tertiary/aromatic N) is 3. The minimum atomic E-state index is -3.91. The van der Waals surface area contributed by atoms with Crippen molar-refractivity contribution in [2.45, 2.75) is 56.1 Å². The van der Waals surface area contributed by atoms with E-state index in [0.29, 0.717) is 30.5 Å². The summed E-state index contributed by atoms with van der Waals surface area (Å²) in [5.41, 5.74) is 2.97. The van der Waals surface area contributed by atoms with E-state index >= 15 is 0 Å². The SMILES string of the molecule is Cc1ccnc(C(=O)[C@]23Cc4ncn(-c5ccc(F)cc5)c4CC2CC[C@H](S(=O)(=O)c2ccc(C)c(F)c2)C3)c1. The van der Waals surface area contributed by atoms with Crippen molar-refractivity contribution in [2.24, 2.45) is 11.3 Å². The van der Waals surface area contributed by atoms with Crippen LogP contribution in [0.1, 0.15) is 52.3 Å². The van der Waals surface area contributed by atoms with Crippen LogP contribution in [0.2, 0.25) is 0 Å². The van der Waals surface area contributed by atoms with Gasteiger partial charge in [0.15, 0.2) is 15.6 Å². The number of benzene rings is 2. The molecule has 2 aromatic heterocycles. The highest BCUT2D eigenvalue weighted by atomic mass is 32.2. The number of aromatic nitrogens is 3. The van der Waals surface area contributed by atoms with Gasteiger partial charge in [-0.1, -0.05) is 6.07 Å². The van der Waals surface area contributed by atoms with Crippen LogP contribution in [-0.4, -0.2) is 34.0 Å². The zero-order chi connectivity index (χ0) is 28.2. The van der Waals surface area contributed by atoms with Crippen LogP contribution in [0.25, 0.3) is 5.69 Å². The van der Waals surface area contributed by atoms with Crippen LogP contribution >= 0.6 is 0 Å². The molecular formula is C31H29F2N3O3S. The number of rotatable bonds is 5. The van der Waals surface area contributed by atoms with Crippen molar-refractivity contribution in [1.82, 2.24) is 14.5 Å². The largest absolute Gasteiger partial charge is 0.303 e. The smallest absolute Gasteiger partial charge is 0.188 e. The number of carbonyl (C=O) groups is 1. The van der Waals surface area contributed by atoms with Gasteiger partial charge in [0.05, 0.1) is 22.2 Å². The molecule has 206 valence electrons. The Bertz CT molecular complexity index is 1730. The van der Waals surface area contributed by atoms with Gasteiger partial charge in [0, 0.05) is 29.4 Å². The maximum atomic E-state index is 14.4. The zero-order valence-corrected chi connectivity index (χ0v) is 23.1. The number of aryl methyl sites for hydroxylation is 2. The number of halogens is 2. The number of hydrogen-bond acceptors (Lipinski definition) is 5. The Morgan fingerprint density at radius 3 is 2.50 bits per heavy atom. The van der Waals surface area contributed by atoms with Crippen LogP contribution in [0, 0.1) is 36.8 Å². The number of pyridine rings is 1. The Kier molecular flexibility index (Phi) is 6.45. The van der Waals surface area contributed by atoms with E-state index in [4.69, 9.17) is 0 Å². The van der Waals surface area contributed by atoms with Gasteiger partial charge < -0.3 is 4.57 Å². The van der Waals surface area contributed by atoms with Gasteiger partial charge in [0.2, 0.25) is 0 Å². The molecule has 2 aliphatic rings. The first-order valence-corrected chi connectivity index (χ1v) is 14.9. The predicted octanol–water partition coefficient (Wildman–Crippen LogP) is 5.77. The van der Waals surface area contributed by atoms with Gasteiger partial charge in [0.25, 0.3) is 0 Å². The van der Waals surface area contributed by atoms with E-state index in [2.05, 4.69) is 9.97 Å². The Morgan fingerprint density at radius 2 is 1.77 bits per heavy atom. The summed E-state index contributed by atoms with van der Waals surface area (Å²) >= 11 is 0. The van der Waals surface area contributed by atoms with Crippen LogP contribution in [0.5, 0.6) is 0 Å². The van der Waals surface area contributed by atoms with Gasteiger partial charge >= 0.3 is 0 Å². The molecule has 4 aromatic rings. The molecule has 6 nitrogen and oxygen atoms in total. The maximum Gasteiger partial charge on any atom is 0.188 e. The van der Waals surface area contributed by atoms with E-state index in [1.165, 1.54) is 24.3 Å². The molecule has 0 radical (unpaired) electrons. The van der Waals surface area contributed by atoms with Gasteiger partial charge in [-0.3, -0.25) is 9.78 Å². The molecule has 6 rings (SSSR count). The number of Topliss-reactive ketones (excluding diaryl/α,β-unsaturated/α-hetero) is 1. The molecule has 0 amide bonds. The van der Waals surface area contributed by atoms with Crippen molar-refractivity contribution < 1.29 is 22.0 Å². The molecular weight excluding hydrogens is 532 g/mol. The molecule has 2 heterocycles. The predicted molar refractivity (Wildman–Crippen MR) is 146 cm³/mol. The van der Waals surface area contributed by atoms with Gasteiger partial charge in [0.1, 0.15) is 17.3 Å². The van der Waals surface area contributed by atoms with Gasteiger partial charge in [-0.15, -0.1) is 0 Å². The van der Waals surface area contributed by atoms with Crippen LogP contribution in [0.4, 0.5) is 8.78 Å². The summed E-state index contributed by atoms with van der Waals surface area (Å²) in [5, 5.41) is -0.847. The minimum absolute atomic E-state index is 0.0626. The summed E-state index contributed by atoms with van der Waals surface area (Å²) in [5.74, 6) is -1.23. The first kappa shape index (κ1) is 26.5. The Morgan fingerprint density at radius 1 is 1.00 bits per heavy atom. The molecule has 0 spiro atoms. The summed E-state index contributed by atoms with van der Waals surface area (Å²) in [6, 6.07) is 13.7. The lowest BCUT2D eigenvalue weighted by atomic mass is 9.57. The minimum Gasteiger partial charge on any atom is -0.303 e. The molecule has 1 saturated carbocycles. The number of carbonyl (C=O) groups excluding carboxylic acids is 1. The number of ketones is 1. The third-order valence-electron chi connectivity index (χ3n) is 8.70. The molecule has 2 aliphatic carbocycles. The van der Waals surface area contributed by atoms with Crippen molar-refractivity contribution >= 4 is 15.6 Å². The van der Waals surface area contributed by atoms with Gasteiger partial charge in [-0.25, -0.2) is 22.2 Å². The molecule has 0 aliphatic heterocycles. The van der Waals surface area contributed by atoms with Crippen molar-refractivity contribution in [3.63, 3.8) is 0 Å². The quantitative estimate of drug-likeness (QED) is 0.289. The molecule has 1 fully saturated rings. The number of hydrogen-bond donors (Lipinski definition) is 0. The fourth-order valence-corrected chi connectivity index (χ4v) is 8.34. The van der Waals surface area contributed by atoms with E-state index in [-0.39, 0.29) is 35.3 Å². The lowest BCUT2D eigenvalue weighted by Crippen LogP contribution is -2.51. The molecule has 0 N–H and O–H groups in total. The second-order valence-corrected chi connectivity index (χ2v) is 13.4. The van der Waals surface area contributed by atoms with Crippen molar-refractivity contribution in [2.75, 3.05) is 0 Å². The third-order valence-corrected chi connectivity index (χ3v) is 10.9. The number of imidazole rings is 1. The fraction of sp³-hybridized carbons (Fsp3) is 0.323. The van der Waals surface area contributed by atoms with Crippen LogP contribution in [0.15, 0.2) is 72.0 Å². The topological polar surface area (TPSA) is 81.9 Å². The Hall–Kier alpha value is -3.72. The number of sulfone groups is 1. The number of fused-ring (bicyclic) bond motifs is 2. The van der Waals surface area contributed by atoms with Crippen molar-refractivity contribution in [3.8, 4) is 5.69 Å².